The summed E-state index contributed by atoms with van der Waals surface area (Å²) in [6.07, 6.45) is 7.34. The lowest BCUT2D eigenvalue weighted by molar-refractivity contribution is -0.140. The molecule has 2 saturated carbocycles. The third-order valence-electron chi connectivity index (χ3n) is 11.6. The van der Waals surface area contributed by atoms with Gasteiger partial charge in [0.2, 0.25) is 29.5 Å². The van der Waals surface area contributed by atoms with Crippen molar-refractivity contribution in [3.8, 4) is 0 Å². The number of hydrogen-bond acceptors (Lipinski definition) is 10. The Morgan fingerprint density at radius 3 is 1.97 bits per heavy atom. The number of hydrogen-bond donors (Lipinski definition) is 11. The number of rotatable bonds is 24. The van der Waals surface area contributed by atoms with Gasteiger partial charge in [-0.3, -0.25) is 33.6 Å². The molecule has 2 aliphatic rings. The first kappa shape index (κ1) is 47.6. The van der Waals surface area contributed by atoms with Crippen LogP contribution in [0.15, 0.2) is 30.5 Å². The Kier molecular flexibility index (Phi) is 19.2. The summed E-state index contributed by atoms with van der Waals surface area (Å²) < 4.78 is 0. The molecule has 5 amide bonds. The Labute approximate surface area is 350 Å². The largest absolute Gasteiger partial charge is 0.481 e. The number of nitrogens with one attached hydrogen (secondary N) is 6. The highest BCUT2D eigenvalue weighted by Gasteiger charge is 2.35. The van der Waals surface area contributed by atoms with E-state index in [0.717, 1.165) is 48.6 Å². The number of carbonyl (C=O) groups excluding carboxylic acids is 5. The average molecular weight is 841 g/mol. The lowest BCUT2D eigenvalue weighted by atomic mass is 9.83. The molecule has 18 heteroatoms. The first-order valence-corrected chi connectivity index (χ1v) is 21.3. The van der Waals surface area contributed by atoms with Crippen molar-refractivity contribution < 1.29 is 48.9 Å². The zero-order valence-corrected chi connectivity index (χ0v) is 34.3. The quantitative estimate of drug-likeness (QED) is 0.0708. The minimum absolute atomic E-state index is 0.0790. The summed E-state index contributed by atoms with van der Waals surface area (Å²) in [7, 11) is 0. The second-order valence-electron chi connectivity index (χ2n) is 16.4. The van der Waals surface area contributed by atoms with E-state index in [2.05, 4.69) is 31.6 Å². The van der Waals surface area contributed by atoms with Crippen molar-refractivity contribution in [1.29, 1.82) is 0 Å². The highest BCUT2D eigenvalue weighted by molar-refractivity contribution is 5.86. The number of amides is 5. The van der Waals surface area contributed by atoms with E-state index in [1.165, 1.54) is 0 Å². The second kappa shape index (κ2) is 24.3. The molecule has 60 heavy (non-hydrogen) atoms. The van der Waals surface area contributed by atoms with Crippen LogP contribution in [0.2, 0.25) is 0 Å². The standard InChI is InChI=1S/C42H64N8O10/c43-17-7-8-26(46-37(53)21-29(24-51)49-41(59)31-10-1-4-12-33(31)44)19-38(54)50-35-14-6-3-11-32(35)42(60)48-28(18-25-23-45-34-13-5-2-9-30(25)34)20-36(52)47-27(22-40(57)58)15-16-39(55)56/h2,5,9,13,23,26-29,31-33,35,45,51H,1,3-4,6-8,10-12,14-22,24,43-44H2,(H,46,53)(H,47,52)(H,48,60)(H,49,59)(H,50,54)(H,55,56)(H,57,58)/t26-,27-,28-,29+,31+,32+,33+,35+/m0/s1. The van der Waals surface area contributed by atoms with Crippen LogP contribution in [0.1, 0.15) is 108 Å². The van der Waals surface area contributed by atoms with Gasteiger partial charge in [-0.25, -0.2) is 0 Å². The van der Waals surface area contributed by atoms with Crippen LogP contribution in [0.25, 0.3) is 10.9 Å². The average Bonchev–Trinajstić information content (AvgIpc) is 3.61. The van der Waals surface area contributed by atoms with Crippen LogP contribution in [-0.4, -0.2) is 111 Å². The van der Waals surface area contributed by atoms with Gasteiger partial charge in [-0.1, -0.05) is 43.9 Å². The van der Waals surface area contributed by atoms with Crippen LogP contribution in [0.4, 0.5) is 0 Å². The van der Waals surface area contributed by atoms with Gasteiger partial charge in [0.15, 0.2) is 0 Å². The Hall–Kier alpha value is -5.07. The highest BCUT2D eigenvalue weighted by atomic mass is 16.4. The number of aromatic nitrogens is 1. The molecule has 1 heterocycles. The summed E-state index contributed by atoms with van der Waals surface area (Å²) in [5.41, 5.74) is 13.6. The van der Waals surface area contributed by atoms with Gasteiger partial charge < -0.3 is 58.4 Å². The van der Waals surface area contributed by atoms with E-state index < -0.39 is 72.9 Å². The van der Waals surface area contributed by atoms with Crippen LogP contribution in [0, 0.1) is 11.8 Å². The van der Waals surface area contributed by atoms with Crippen molar-refractivity contribution in [2.24, 2.45) is 23.3 Å². The predicted octanol–water partition coefficient (Wildman–Crippen LogP) is 1.08. The van der Waals surface area contributed by atoms with E-state index in [-0.39, 0.29) is 68.2 Å². The molecule has 18 nitrogen and oxygen atoms in total. The molecule has 332 valence electrons. The zero-order valence-electron chi connectivity index (χ0n) is 34.3. The Bertz CT molecular complexity index is 1770. The zero-order chi connectivity index (χ0) is 43.6. The number of carbonyl (C=O) groups is 7. The molecule has 13 N–H and O–H groups in total. The number of fused-ring (bicyclic) bond motifs is 1. The van der Waals surface area contributed by atoms with Crippen molar-refractivity contribution >= 4 is 52.4 Å². The molecular weight excluding hydrogens is 777 g/mol. The lowest BCUT2D eigenvalue weighted by Gasteiger charge is -2.33. The first-order valence-electron chi connectivity index (χ1n) is 21.3. The summed E-state index contributed by atoms with van der Waals surface area (Å²) in [4.78, 5) is 92.9. The van der Waals surface area contributed by atoms with E-state index in [9.17, 15) is 43.8 Å². The summed E-state index contributed by atoms with van der Waals surface area (Å²) in [6, 6.07) is 3.69. The van der Waals surface area contributed by atoms with Gasteiger partial charge in [-0.15, -0.1) is 0 Å². The molecule has 0 unspecified atom stereocenters. The van der Waals surface area contributed by atoms with E-state index in [4.69, 9.17) is 16.6 Å². The number of aromatic amines is 1. The molecule has 4 rings (SSSR count). The summed E-state index contributed by atoms with van der Waals surface area (Å²) in [6.45, 7) is -0.123. The lowest BCUT2D eigenvalue weighted by Crippen LogP contribution is -2.52. The molecule has 1 aromatic heterocycles. The number of H-pyrrole nitrogens is 1. The molecule has 2 aromatic rings. The Balaban J connectivity index is 1.40. The van der Waals surface area contributed by atoms with Crippen molar-refractivity contribution in [2.45, 2.75) is 145 Å². The van der Waals surface area contributed by atoms with E-state index in [1.54, 1.807) is 6.20 Å². The van der Waals surface area contributed by atoms with Crippen LogP contribution in [-0.2, 0) is 40.0 Å². The number of benzene rings is 1. The Morgan fingerprint density at radius 2 is 1.30 bits per heavy atom. The molecule has 2 aliphatic carbocycles. The van der Waals surface area contributed by atoms with Crippen LogP contribution >= 0.6 is 0 Å². The van der Waals surface area contributed by atoms with Crippen LogP contribution in [0.3, 0.4) is 0 Å². The number of para-hydroxylation sites is 1. The van der Waals surface area contributed by atoms with Crippen molar-refractivity contribution in [3.05, 3.63) is 36.0 Å². The van der Waals surface area contributed by atoms with Gasteiger partial charge in [-0.05, 0) is 69.5 Å². The maximum absolute atomic E-state index is 14.1. The maximum Gasteiger partial charge on any atom is 0.305 e. The molecule has 0 bridgehead atoms. The van der Waals surface area contributed by atoms with Crippen molar-refractivity contribution in [1.82, 2.24) is 31.6 Å². The fourth-order valence-corrected chi connectivity index (χ4v) is 8.45. The van der Waals surface area contributed by atoms with Gasteiger partial charge in [0, 0.05) is 73.0 Å². The highest BCUT2D eigenvalue weighted by Crippen LogP contribution is 2.27. The monoisotopic (exact) mass is 840 g/mol. The fourth-order valence-electron chi connectivity index (χ4n) is 8.45. The number of carboxylic acids is 2. The molecule has 0 spiro atoms. The van der Waals surface area contributed by atoms with Gasteiger partial charge in [-0.2, -0.15) is 0 Å². The molecule has 8 atom stereocenters. The smallest absolute Gasteiger partial charge is 0.305 e. The van der Waals surface area contributed by atoms with Crippen LogP contribution < -0.4 is 38.1 Å². The van der Waals surface area contributed by atoms with Gasteiger partial charge in [0.05, 0.1) is 30.9 Å². The third kappa shape index (κ3) is 15.5. The van der Waals surface area contributed by atoms with Crippen molar-refractivity contribution in [3.63, 3.8) is 0 Å². The molecule has 0 aliphatic heterocycles. The number of nitrogens with two attached hydrogens (primary N) is 2. The minimum Gasteiger partial charge on any atom is -0.481 e. The maximum atomic E-state index is 14.1. The molecule has 2 fully saturated rings. The van der Waals surface area contributed by atoms with Gasteiger partial charge >= 0.3 is 11.9 Å². The van der Waals surface area contributed by atoms with Gasteiger partial charge in [0.1, 0.15) is 0 Å². The summed E-state index contributed by atoms with van der Waals surface area (Å²) in [5.74, 6) is -5.34. The molecule has 0 saturated heterocycles. The van der Waals surface area contributed by atoms with E-state index >= 15 is 0 Å². The fraction of sp³-hybridized carbons (Fsp3) is 0.643. The normalized spacial score (nSPS) is 21.1. The minimum atomic E-state index is -1.19. The van der Waals surface area contributed by atoms with E-state index in [0.29, 0.717) is 38.6 Å². The predicted molar refractivity (Wildman–Crippen MR) is 222 cm³/mol. The van der Waals surface area contributed by atoms with Gasteiger partial charge in [0.25, 0.3) is 0 Å². The summed E-state index contributed by atoms with van der Waals surface area (Å²) >= 11 is 0. The summed E-state index contributed by atoms with van der Waals surface area (Å²) in [5, 5.41) is 43.7. The number of aliphatic hydroxyl groups excluding tert-OH is 1. The topological polar surface area (TPSA) is 308 Å². The molecule has 0 radical (unpaired) electrons. The molecular formula is C42H64N8O10. The second-order valence-corrected chi connectivity index (χ2v) is 16.4. The number of aliphatic carboxylic acids is 2. The number of aliphatic hydroxyl groups is 1. The van der Waals surface area contributed by atoms with Crippen molar-refractivity contribution in [2.75, 3.05) is 13.2 Å². The first-order chi connectivity index (χ1) is 28.8. The third-order valence-corrected chi connectivity index (χ3v) is 11.6. The SMILES string of the molecule is NCCC[C@@H](CC(=O)N[C@@H]1CCCC[C@H]1C(=O)N[C@H](CC(=O)N[C@@H](CCC(=O)O)CC(=O)O)Cc1c[nH]c2ccccc12)NC(=O)C[C@H](CO)NC(=O)[C@@H]1CCCC[C@H]1N. The molecule has 1 aromatic carbocycles. The van der Waals surface area contributed by atoms with E-state index in [1.807, 2.05) is 24.3 Å². The Morgan fingerprint density at radius 1 is 0.700 bits per heavy atom. The number of carboxylic acid groups (broad SMARTS) is 2. The van der Waals surface area contributed by atoms with Crippen LogP contribution in [0.5, 0.6) is 0 Å².